The van der Waals surface area contributed by atoms with E-state index in [2.05, 4.69) is 43.7 Å². The molecule has 1 aliphatic carbocycles. The Morgan fingerprint density at radius 2 is 1.34 bits per heavy atom. The second-order valence-corrected chi connectivity index (χ2v) is 27.4. The molecule has 1 saturated heterocycles. The summed E-state index contributed by atoms with van der Waals surface area (Å²) in [5.74, 6) is 4.09. The van der Waals surface area contributed by atoms with Crippen LogP contribution in [0.15, 0.2) is 128 Å². The van der Waals surface area contributed by atoms with Crippen molar-refractivity contribution in [3.8, 4) is 40.6 Å². The molecule has 26 nitrogen and oxygen atoms in total. The van der Waals surface area contributed by atoms with Crippen LogP contribution in [0.4, 0.5) is 27.5 Å². The maximum atomic E-state index is 14.5. The number of methoxy groups -OCH3 is 3. The fraction of sp³-hybridized carbons (Fsp3) is 0.380. The molecule has 6 aromatic rings. The number of hydrogen-bond donors (Lipinski definition) is 7. The Labute approximate surface area is 608 Å². The van der Waals surface area contributed by atoms with Crippen LogP contribution in [0.25, 0.3) is 5.57 Å². The summed E-state index contributed by atoms with van der Waals surface area (Å²) in [5, 5.41) is 28.6. The molecule has 0 radical (unpaired) electrons. The minimum Gasteiger partial charge on any atom is -0.497 e. The molecule has 12 rings (SSSR count). The van der Waals surface area contributed by atoms with E-state index in [-0.39, 0.29) is 84.5 Å². The third kappa shape index (κ3) is 16.9. The first-order valence-electron chi connectivity index (χ1n) is 35.3. The first-order chi connectivity index (χ1) is 50.7. The Balaban J connectivity index is 0.591. The highest BCUT2D eigenvalue weighted by atomic mass is 16.6. The lowest BCUT2D eigenvalue weighted by Gasteiger charge is -2.31. The van der Waals surface area contributed by atoms with Crippen LogP contribution in [0.5, 0.6) is 28.7 Å². The summed E-state index contributed by atoms with van der Waals surface area (Å²) in [7, 11) is 4.62. The second-order valence-electron chi connectivity index (χ2n) is 27.4. The zero-order valence-electron chi connectivity index (χ0n) is 59.5. The highest BCUT2D eigenvalue weighted by Crippen LogP contribution is 2.57. The third-order valence-electron chi connectivity index (χ3n) is 19.8. The zero-order chi connectivity index (χ0) is 74.1. The highest BCUT2D eigenvalue weighted by molar-refractivity contribution is 6.07. The molecule has 5 aliphatic heterocycles. The molecule has 1 spiro atoms. The van der Waals surface area contributed by atoms with Gasteiger partial charge in [0.2, 0.25) is 35.4 Å². The Morgan fingerprint density at radius 1 is 0.676 bits per heavy atom. The Kier molecular flexibility index (Phi) is 22.6. The van der Waals surface area contributed by atoms with Crippen molar-refractivity contribution in [1.29, 1.82) is 0 Å². The maximum Gasteiger partial charge on any atom is 0.416 e. The van der Waals surface area contributed by atoms with Crippen molar-refractivity contribution in [3.63, 3.8) is 0 Å². The van der Waals surface area contributed by atoms with Crippen LogP contribution in [-0.2, 0) is 46.7 Å². The summed E-state index contributed by atoms with van der Waals surface area (Å²) in [6, 6.07) is 32.6. The van der Waals surface area contributed by atoms with E-state index >= 15 is 0 Å². The van der Waals surface area contributed by atoms with Crippen molar-refractivity contribution < 1.29 is 76.7 Å². The largest absolute Gasteiger partial charge is 0.497 e. The summed E-state index contributed by atoms with van der Waals surface area (Å²) in [5.41, 5.74) is 7.15. The van der Waals surface area contributed by atoms with Crippen LogP contribution >= 0.6 is 0 Å². The van der Waals surface area contributed by atoms with Crippen molar-refractivity contribution in [2.24, 2.45) is 11.3 Å². The van der Waals surface area contributed by atoms with Crippen molar-refractivity contribution >= 4 is 81.7 Å². The molecule has 6 aliphatic rings. The standard InChI is InChI=1S/C79H86N10O16/c1-47(2)72(85-70(92)42-82-69(91)41-81-68(90)28-29-71(93)87-43-53-16-9-8-14-50(53)20-21-52-15-10-11-17-61(52)87)74(95)83-48(3)73(94)84-55-24-18-49(19-25-55)45-105-78(99)89-62-38-67(65(102-6)36-59(62)76(97)88-46-79(30-31-79)39-63(88)77(89)98)104-33-13-7-12-32-103-66-37-60-58(35-64(66)101-5)75(96)86-44-54(34-56(86)40-80-60)51-22-26-57(100-4)27-23-51/h8-11,14-19,22-27,35-38,44,47-48,56,63,72,77,80,98H,7,12-13,28-34,39-43,45-46H2,1-6H3,(H,81,90)(H,82,91)(H,83,95)(H,84,94)(H,85,92)/t48-,56-,63-,72-,77?/m0/s1. The lowest BCUT2D eigenvalue weighted by molar-refractivity contribution is -0.132. The van der Waals surface area contributed by atoms with Gasteiger partial charge < -0.3 is 80.1 Å². The van der Waals surface area contributed by atoms with Crippen LogP contribution in [0.1, 0.15) is 127 Å². The molecule has 26 heteroatoms. The molecule has 0 bridgehead atoms. The smallest absolute Gasteiger partial charge is 0.416 e. The molecule has 1 saturated carbocycles. The van der Waals surface area contributed by atoms with E-state index in [0.717, 1.165) is 45.8 Å². The molecule has 9 amide bonds. The molecule has 6 aromatic carbocycles. The normalized spacial score (nSPS) is 17.6. The molecule has 1 unspecified atom stereocenters. The third-order valence-corrected chi connectivity index (χ3v) is 19.8. The van der Waals surface area contributed by atoms with Gasteiger partial charge in [-0.05, 0) is 140 Å². The monoisotopic (exact) mass is 1430 g/mol. The average Bonchev–Trinajstić information content (AvgIpc) is 1.57. The summed E-state index contributed by atoms with van der Waals surface area (Å²) in [6.45, 7) is 5.41. The molecule has 0 aromatic heterocycles. The van der Waals surface area contributed by atoms with Crippen molar-refractivity contribution in [2.45, 2.75) is 122 Å². The van der Waals surface area contributed by atoms with Gasteiger partial charge in [0.15, 0.2) is 29.2 Å². The van der Waals surface area contributed by atoms with Crippen LogP contribution in [-0.4, -0.2) is 159 Å². The number of amides is 9. The van der Waals surface area contributed by atoms with Gasteiger partial charge in [-0.1, -0.05) is 80.3 Å². The van der Waals surface area contributed by atoms with Gasteiger partial charge in [0.25, 0.3) is 11.8 Å². The van der Waals surface area contributed by atoms with E-state index in [0.29, 0.717) is 97.1 Å². The fourth-order valence-corrected chi connectivity index (χ4v) is 13.7. The maximum absolute atomic E-state index is 14.5. The number of anilines is 4. The molecule has 2 fully saturated rings. The average molecular weight is 1430 g/mol. The SMILES string of the molecule is COc1ccc(C2=CN3C(=O)c4cc(OC)c(OCCCCCOc5cc6c(cc5OC)C(=O)N5CC7(CC7)C[C@H]5C(O)N6C(=O)OCc5ccc(NC(=O)[C@H](C)NC(=O)[C@@H](NC(=O)CNC(=O)CNC(=O)CCC(=O)N6Cc7ccccc7C#Cc7ccccc76)C(C)C)cc5)cc4NC[C@@H]3C2)cc1. The van der Waals surface area contributed by atoms with E-state index < -0.39 is 79.0 Å². The number of carbonyl (C=O) groups excluding carboxylic acids is 9. The highest BCUT2D eigenvalue weighted by Gasteiger charge is 2.58. The summed E-state index contributed by atoms with van der Waals surface area (Å²) < 4.78 is 35.3. The van der Waals surface area contributed by atoms with Crippen LogP contribution in [0.3, 0.4) is 0 Å². The van der Waals surface area contributed by atoms with Crippen molar-refractivity contribution in [3.05, 3.63) is 166 Å². The predicted octanol–water partition coefficient (Wildman–Crippen LogP) is 8.03. The Bertz CT molecular complexity index is 4430. The van der Waals surface area contributed by atoms with Gasteiger partial charge in [-0.15, -0.1) is 0 Å². The number of nitrogens with one attached hydrogen (secondary N) is 6. The topological polar surface area (TPSA) is 314 Å². The molecule has 5 heterocycles. The van der Waals surface area contributed by atoms with E-state index in [1.54, 1.807) is 72.1 Å². The van der Waals surface area contributed by atoms with Gasteiger partial charge in [0.1, 0.15) is 24.4 Å². The van der Waals surface area contributed by atoms with E-state index in [1.807, 2.05) is 79.0 Å². The second kappa shape index (κ2) is 32.4. The first-order valence-corrected chi connectivity index (χ1v) is 35.3. The minimum atomic E-state index is -1.48. The van der Waals surface area contributed by atoms with Crippen molar-refractivity contribution in [2.75, 3.05) is 81.2 Å². The Hall–Kier alpha value is -11.6. The number of ether oxygens (including phenoxy) is 6. The van der Waals surface area contributed by atoms with Crippen LogP contribution < -0.4 is 65.4 Å². The lowest BCUT2D eigenvalue weighted by Crippen LogP contribution is -2.55. The number of rotatable bonds is 27. The lowest BCUT2D eigenvalue weighted by atomic mass is 10.0. The van der Waals surface area contributed by atoms with Gasteiger partial charge in [-0.3, -0.25) is 38.4 Å². The van der Waals surface area contributed by atoms with Gasteiger partial charge in [0.05, 0.1) is 94.5 Å². The van der Waals surface area contributed by atoms with E-state index in [9.17, 15) is 48.3 Å². The number of aliphatic hydroxyl groups is 1. The molecule has 5 atom stereocenters. The number of hydrogen-bond acceptors (Lipinski definition) is 17. The van der Waals surface area contributed by atoms with Gasteiger partial charge in [0, 0.05) is 61.1 Å². The summed E-state index contributed by atoms with van der Waals surface area (Å²) >= 11 is 0. The van der Waals surface area contributed by atoms with Crippen molar-refractivity contribution in [1.82, 2.24) is 31.1 Å². The fourth-order valence-electron chi connectivity index (χ4n) is 13.7. The first kappa shape index (κ1) is 73.2. The summed E-state index contributed by atoms with van der Waals surface area (Å²) in [4.78, 5) is 128. The van der Waals surface area contributed by atoms with Gasteiger partial charge in [-0.2, -0.15) is 0 Å². The van der Waals surface area contributed by atoms with Gasteiger partial charge >= 0.3 is 6.09 Å². The molecular formula is C79H86N10O16. The molecule has 548 valence electrons. The quantitative estimate of drug-likeness (QED) is 0.0189. The molecular weight excluding hydrogens is 1340 g/mol. The number of aliphatic hydroxyl groups excluding tert-OH is 1. The number of fused-ring (bicyclic) bond motifs is 6. The summed E-state index contributed by atoms with van der Waals surface area (Å²) in [6.07, 6.45) is 4.09. The predicted molar refractivity (Wildman–Crippen MR) is 389 cm³/mol. The van der Waals surface area contributed by atoms with E-state index in [4.69, 9.17) is 28.4 Å². The van der Waals surface area contributed by atoms with Gasteiger partial charge in [-0.25, -0.2) is 9.69 Å². The number of benzene rings is 6. The number of nitrogens with zero attached hydrogens (tertiary/aromatic N) is 4. The zero-order valence-corrected chi connectivity index (χ0v) is 59.5. The number of unbranched alkanes of at least 4 members (excludes halogenated alkanes) is 2. The van der Waals surface area contributed by atoms with E-state index in [1.165, 1.54) is 33.3 Å². The van der Waals surface area contributed by atoms with Crippen LogP contribution in [0, 0.1) is 23.2 Å². The number of para-hydroxylation sites is 1. The number of carbonyl (C=O) groups is 9. The molecule has 7 N–H and O–H groups in total. The molecule has 105 heavy (non-hydrogen) atoms. The Morgan fingerprint density at radius 3 is 2.05 bits per heavy atom. The van der Waals surface area contributed by atoms with Crippen LogP contribution in [0.2, 0.25) is 0 Å². The minimum absolute atomic E-state index is 0.0761.